The lowest BCUT2D eigenvalue weighted by atomic mass is 10.1. The van der Waals surface area contributed by atoms with Crippen molar-refractivity contribution in [1.82, 2.24) is 5.32 Å². The fraction of sp³-hybridized carbons (Fsp3) is 0.111. The summed E-state index contributed by atoms with van der Waals surface area (Å²) in [6, 6.07) is 5.26. The maximum atomic E-state index is 11.2. The van der Waals surface area contributed by atoms with Gasteiger partial charge in [-0.1, -0.05) is 6.07 Å². The van der Waals surface area contributed by atoms with Crippen molar-refractivity contribution in [2.75, 3.05) is 5.32 Å². The third kappa shape index (κ3) is 1.16. The van der Waals surface area contributed by atoms with Crippen LogP contribution < -0.4 is 10.6 Å². The zero-order chi connectivity index (χ0) is 9.26. The molecule has 0 unspecified atom stereocenters. The number of fused-ring (bicyclic) bond motifs is 1. The second kappa shape index (κ2) is 2.90. The summed E-state index contributed by atoms with van der Waals surface area (Å²) in [5.41, 5.74) is 2.21. The highest BCUT2D eigenvalue weighted by Gasteiger charge is 2.20. The van der Waals surface area contributed by atoms with Gasteiger partial charge in [-0.3, -0.25) is 9.59 Å². The van der Waals surface area contributed by atoms with Crippen LogP contribution >= 0.6 is 0 Å². The van der Waals surface area contributed by atoms with Crippen LogP contribution in [-0.4, -0.2) is 12.3 Å². The second-order valence-electron chi connectivity index (χ2n) is 2.78. The molecular weight excluding hydrogens is 168 g/mol. The smallest absolute Gasteiger partial charge is 0.251 e. The number of hydrogen-bond acceptors (Lipinski definition) is 2. The van der Waals surface area contributed by atoms with Crippen LogP contribution in [0.2, 0.25) is 0 Å². The molecule has 2 N–H and O–H groups in total. The highest BCUT2D eigenvalue weighted by molar-refractivity contribution is 6.00. The summed E-state index contributed by atoms with van der Waals surface area (Å²) in [6.45, 7) is 0.491. The van der Waals surface area contributed by atoms with Crippen LogP contribution in [0.1, 0.15) is 15.9 Å². The number of rotatable bonds is 2. The Kier molecular flexibility index (Phi) is 1.73. The highest BCUT2D eigenvalue weighted by atomic mass is 16.2. The molecule has 0 atom stereocenters. The van der Waals surface area contributed by atoms with Gasteiger partial charge in [0, 0.05) is 23.4 Å². The van der Waals surface area contributed by atoms with Crippen molar-refractivity contribution < 1.29 is 9.59 Å². The van der Waals surface area contributed by atoms with E-state index < -0.39 is 0 Å². The molecule has 0 aromatic heterocycles. The molecule has 0 spiro atoms. The monoisotopic (exact) mass is 176 g/mol. The van der Waals surface area contributed by atoms with E-state index >= 15 is 0 Å². The number of anilines is 1. The minimum Gasteiger partial charge on any atom is -0.348 e. The second-order valence-corrected chi connectivity index (χ2v) is 2.78. The van der Waals surface area contributed by atoms with Crippen molar-refractivity contribution in [3.8, 4) is 0 Å². The Balaban J connectivity index is 2.50. The van der Waals surface area contributed by atoms with E-state index in [1.807, 2.05) is 0 Å². The Bertz CT molecular complexity index is 374. The Morgan fingerprint density at radius 3 is 3.08 bits per heavy atom. The van der Waals surface area contributed by atoms with E-state index in [4.69, 9.17) is 0 Å². The van der Waals surface area contributed by atoms with E-state index in [-0.39, 0.29) is 5.91 Å². The molecule has 66 valence electrons. The van der Waals surface area contributed by atoms with Gasteiger partial charge in [-0.05, 0) is 12.1 Å². The highest BCUT2D eigenvalue weighted by Crippen LogP contribution is 2.23. The molecule has 13 heavy (non-hydrogen) atoms. The largest absolute Gasteiger partial charge is 0.348 e. The van der Waals surface area contributed by atoms with Gasteiger partial charge in [0.1, 0.15) is 0 Å². The van der Waals surface area contributed by atoms with Crippen molar-refractivity contribution in [3.63, 3.8) is 0 Å². The van der Waals surface area contributed by atoms with Crippen molar-refractivity contribution in [2.24, 2.45) is 0 Å². The van der Waals surface area contributed by atoms with Crippen molar-refractivity contribution in [1.29, 1.82) is 0 Å². The first kappa shape index (κ1) is 7.79. The lowest BCUT2D eigenvalue weighted by Crippen LogP contribution is -2.12. The van der Waals surface area contributed by atoms with Crippen LogP contribution in [0.15, 0.2) is 18.2 Å². The number of nitrogens with one attached hydrogen (secondary N) is 2. The van der Waals surface area contributed by atoms with Gasteiger partial charge in [0.2, 0.25) is 6.41 Å². The first-order valence-electron chi connectivity index (χ1n) is 3.93. The van der Waals surface area contributed by atoms with Gasteiger partial charge >= 0.3 is 0 Å². The molecule has 4 heteroatoms. The number of carbonyl (C=O) groups is 2. The average Bonchev–Trinajstić information content (AvgIpc) is 2.50. The van der Waals surface area contributed by atoms with Crippen LogP contribution in [0.25, 0.3) is 0 Å². The predicted octanol–water partition coefficient (Wildman–Crippen LogP) is 0.498. The molecule has 0 aliphatic carbocycles. The molecular formula is C9H8N2O2. The quantitative estimate of drug-likeness (QED) is 0.644. The summed E-state index contributed by atoms with van der Waals surface area (Å²) in [7, 11) is 0. The molecule has 2 rings (SSSR count). The minimum absolute atomic E-state index is 0.0791. The molecule has 0 saturated heterocycles. The third-order valence-electron chi connectivity index (χ3n) is 2.06. The Hall–Kier alpha value is -1.84. The summed E-state index contributed by atoms with van der Waals surface area (Å²) >= 11 is 0. The Labute approximate surface area is 74.9 Å². The fourth-order valence-electron chi connectivity index (χ4n) is 1.45. The van der Waals surface area contributed by atoms with E-state index in [9.17, 15) is 9.59 Å². The van der Waals surface area contributed by atoms with Crippen molar-refractivity contribution in [2.45, 2.75) is 6.54 Å². The van der Waals surface area contributed by atoms with E-state index in [1.165, 1.54) is 0 Å². The van der Waals surface area contributed by atoms with Crippen molar-refractivity contribution in [3.05, 3.63) is 29.3 Å². The maximum absolute atomic E-state index is 11.2. The lowest BCUT2D eigenvalue weighted by Gasteiger charge is -2.03. The lowest BCUT2D eigenvalue weighted by molar-refractivity contribution is -0.105. The van der Waals surface area contributed by atoms with Crippen LogP contribution in [0.5, 0.6) is 0 Å². The van der Waals surface area contributed by atoms with Gasteiger partial charge in [0.15, 0.2) is 0 Å². The maximum Gasteiger partial charge on any atom is 0.251 e. The standard InChI is InChI=1S/C9H8N2O2/c12-5-11-8-3-1-2-6-7(8)4-10-9(6)13/h1-3,5H,4H2,(H,10,13)(H,11,12). The number of benzene rings is 1. The minimum atomic E-state index is -0.0791. The molecule has 1 aliphatic heterocycles. The summed E-state index contributed by atoms with van der Waals surface area (Å²) in [6.07, 6.45) is 0.610. The molecule has 1 aromatic rings. The van der Waals surface area contributed by atoms with Gasteiger partial charge in [0.25, 0.3) is 5.91 Å². The van der Waals surface area contributed by atoms with Crippen LogP contribution in [0.4, 0.5) is 5.69 Å². The van der Waals surface area contributed by atoms with Gasteiger partial charge in [-0.15, -0.1) is 0 Å². The molecule has 2 amide bonds. The van der Waals surface area contributed by atoms with Crippen LogP contribution in [0.3, 0.4) is 0 Å². The van der Waals surface area contributed by atoms with Gasteiger partial charge in [-0.2, -0.15) is 0 Å². The van der Waals surface area contributed by atoms with Crippen molar-refractivity contribution >= 4 is 18.0 Å². The zero-order valence-corrected chi connectivity index (χ0v) is 6.83. The topological polar surface area (TPSA) is 58.2 Å². The normalized spacial score (nSPS) is 13.4. The molecule has 4 nitrogen and oxygen atoms in total. The molecule has 0 fully saturated rings. The number of hydrogen-bond donors (Lipinski definition) is 2. The predicted molar refractivity (Wildman–Crippen MR) is 47.3 cm³/mol. The number of carbonyl (C=O) groups excluding carboxylic acids is 2. The number of amides is 2. The molecule has 1 aromatic carbocycles. The third-order valence-corrected chi connectivity index (χ3v) is 2.06. The summed E-state index contributed by atoms with van der Waals surface area (Å²) in [4.78, 5) is 21.4. The van der Waals surface area contributed by atoms with Gasteiger partial charge in [-0.25, -0.2) is 0 Å². The summed E-state index contributed by atoms with van der Waals surface area (Å²) in [5.74, 6) is -0.0791. The van der Waals surface area contributed by atoms with Gasteiger partial charge in [0.05, 0.1) is 0 Å². The molecule has 1 heterocycles. The Morgan fingerprint density at radius 1 is 1.46 bits per heavy atom. The Morgan fingerprint density at radius 2 is 2.31 bits per heavy atom. The van der Waals surface area contributed by atoms with E-state index in [1.54, 1.807) is 18.2 Å². The van der Waals surface area contributed by atoms with Crippen LogP contribution in [-0.2, 0) is 11.3 Å². The molecule has 0 bridgehead atoms. The van der Waals surface area contributed by atoms with E-state index in [0.717, 1.165) is 5.56 Å². The summed E-state index contributed by atoms with van der Waals surface area (Å²) in [5, 5.41) is 5.24. The first-order chi connectivity index (χ1) is 6.33. The summed E-state index contributed by atoms with van der Waals surface area (Å²) < 4.78 is 0. The van der Waals surface area contributed by atoms with E-state index in [0.29, 0.717) is 24.2 Å². The zero-order valence-electron chi connectivity index (χ0n) is 6.83. The SMILES string of the molecule is O=CNc1cccc2c1CNC2=O. The van der Waals surface area contributed by atoms with Gasteiger partial charge < -0.3 is 10.6 Å². The molecule has 1 aliphatic rings. The fourth-order valence-corrected chi connectivity index (χ4v) is 1.45. The van der Waals surface area contributed by atoms with Crippen LogP contribution in [0, 0.1) is 0 Å². The molecule has 0 saturated carbocycles. The first-order valence-corrected chi connectivity index (χ1v) is 3.93. The average molecular weight is 176 g/mol. The molecule has 0 radical (unpaired) electrons. The van der Waals surface area contributed by atoms with E-state index in [2.05, 4.69) is 10.6 Å².